The normalized spacial score (nSPS) is 12.1. The first-order valence-electron chi connectivity index (χ1n) is 6.21. The van der Waals surface area contributed by atoms with E-state index in [0.29, 0.717) is 5.01 Å². The molecule has 2 rings (SSSR count). The Balaban J connectivity index is 2.24. The number of hydrogen-bond acceptors (Lipinski definition) is 7. The first kappa shape index (κ1) is 16.3. The lowest BCUT2D eigenvalue weighted by atomic mass is 9.98. The average molecular weight is 342 g/mol. The second-order valence-corrected chi connectivity index (χ2v) is 8.18. The van der Waals surface area contributed by atoms with Gasteiger partial charge in [-0.25, -0.2) is 8.42 Å². The topological polar surface area (TPSA) is 115 Å². The highest BCUT2D eigenvalue weighted by Gasteiger charge is 2.22. The standard InChI is InChI=1S/C12H14N4O4S2/c1-12(2,3)10-13-14-11(21-10)15-22(19,20)9-6-4-8(5-7-9)16(17)18/h4-7H,1-3H3,(H,14,15). The van der Waals surface area contributed by atoms with Gasteiger partial charge in [-0.1, -0.05) is 32.1 Å². The van der Waals surface area contributed by atoms with Crippen LogP contribution in [0.4, 0.5) is 10.8 Å². The number of nitro benzene ring substituents is 1. The number of rotatable bonds is 4. The quantitative estimate of drug-likeness (QED) is 0.674. The van der Waals surface area contributed by atoms with Crippen LogP contribution in [0.15, 0.2) is 29.2 Å². The van der Waals surface area contributed by atoms with Crippen LogP contribution in [0.25, 0.3) is 0 Å². The Kier molecular flexibility index (Phi) is 4.16. The van der Waals surface area contributed by atoms with Gasteiger partial charge in [0.2, 0.25) is 5.13 Å². The molecule has 22 heavy (non-hydrogen) atoms. The van der Waals surface area contributed by atoms with Crippen molar-refractivity contribution in [1.29, 1.82) is 0 Å². The van der Waals surface area contributed by atoms with Crippen molar-refractivity contribution >= 4 is 32.2 Å². The van der Waals surface area contributed by atoms with Crippen LogP contribution in [-0.4, -0.2) is 23.5 Å². The number of sulfonamides is 1. The summed E-state index contributed by atoms with van der Waals surface area (Å²) < 4.78 is 26.7. The molecule has 8 nitrogen and oxygen atoms in total. The van der Waals surface area contributed by atoms with Crippen molar-refractivity contribution in [3.8, 4) is 0 Å². The summed E-state index contributed by atoms with van der Waals surface area (Å²) in [5, 5.41) is 19.2. The highest BCUT2D eigenvalue weighted by atomic mass is 32.2. The van der Waals surface area contributed by atoms with Crippen molar-refractivity contribution in [3.63, 3.8) is 0 Å². The first-order chi connectivity index (χ1) is 10.1. The zero-order chi connectivity index (χ0) is 16.5. The lowest BCUT2D eigenvalue weighted by Gasteiger charge is -2.12. The molecule has 0 atom stereocenters. The Morgan fingerprint density at radius 3 is 2.23 bits per heavy atom. The lowest BCUT2D eigenvalue weighted by Crippen LogP contribution is -2.12. The predicted molar refractivity (Wildman–Crippen MR) is 82.5 cm³/mol. The van der Waals surface area contributed by atoms with Crippen LogP contribution in [0.3, 0.4) is 0 Å². The fourth-order valence-electron chi connectivity index (χ4n) is 1.49. The minimum Gasteiger partial charge on any atom is -0.258 e. The maximum Gasteiger partial charge on any atom is 0.269 e. The summed E-state index contributed by atoms with van der Waals surface area (Å²) in [5.74, 6) is 0. The van der Waals surface area contributed by atoms with E-state index in [9.17, 15) is 18.5 Å². The minimum absolute atomic E-state index is 0.0781. The van der Waals surface area contributed by atoms with E-state index in [1.165, 1.54) is 12.1 Å². The van der Waals surface area contributed by atoms with Crippen molar-refractivity contribution in [1.82, 2.24) is 10.2 Å². The van der Waals surface area contributed by atoms with E-state index in [1.54, 1.807) is 0 Å². The Hall–Kier alpha value is -2.07. The number of nitrogens with one attached hydrogen (secondary N) is 1. The van der Waals surface area contributed by atoms with Crippen LogP contribution in [0.2, 0.25) is 0 Å². The molecule has 2 aromatic rings. The van der Waals surface area contributed by atoms with Gasteiger partial charge in [0.1, 0.15) is 5.01 Å². The number of benzene rings is 1. The van der Waals surface area contributed by atoms with Crippen LogP contribution in [0, 0.1) is 10.1 Å². The Morgan fingerprint density at radius 2 is 1.77 bits per heavy atom. The van der Waals surface area contributed by atoms with Crippen molar-refractivity contribution in [3.05, 3.63) is 39.4 Å². The first-order valence-corrected chi connectivity index (χ1v) is 8.51. The van der Waals surface area contributed by atoms with Crippen LogP contribution in [0.1, 0.15) is 25.8 Å². The minimum atomic E-state index is -3.85. The molecule has 0 bridgehead atoms. The smallest absolute Gasteiger partial charge is 0.258 e. The van der Waals surface area contributed by atoms with Crippen LogP contribution in [0.5, 0.6) is 0 Å². The van der Waals surface area contributed by atoms with Crippen molar-refractivity contribution in [2.45, 2.75) is 31.1 Å². The molecule has 0 fully saturated rings. The molecular weight excluding hydrogens is 328 g/mol. The Morgan fingerprint density at radius 1 is 1.18 bits per heavy atom. The number of anilines is 1. The molecule has 1 aromatic carbocycles. The number of hydrogen-bond donors (Lipinski definition) is 1. The summed E-state index contributed by atoms with van der Waals surface area (Å²) in [6, 6.07) is 4.61. The van der Waals surface area contributed by atoms with Crippen molar-refractivity contribution in [2.75, 3.05) is 4.72 Å². The summed E-state index contributed by atoms with van der Waals surface area (Å²) >= 11 is 1.15. The number of aromatic nitrogens is 2. The second kappa shape index (κ2) is 5.61. The van der Waals surface area contributed by atoms with Crippen LogP contribution >= 0.6 is 11.3 Å². The molecule has 0 saturated carbocycles. The van der Waals surface area contributed by atoms with Crippen LogP contribution < -0.4 is 4.72 Å². The Labute approximate surface area is 131 Å². The molecular formula is C12H14N4O4S2. The van der Waals surface area contributed by atoms with Crippen molar-refractivity contribution in [2.24, 2.45) is 0 Å². The number of non-ortho nitro benzene ring substituents is 1. The van der Waals surface area contributed by atoms with Crippen molar-refractivity contribution < 1.29 is 13.3 Å². The molecule has 0 aliphatic rings. The number of nitro groups is 1. The maximum atomic E-state index is 12.2. The molecule has 1 N–H and O–H groups in total. The molecule has 0 amide bonds. The third-order valence-corrected chi connectivity index (χ3v) is 5.39. The highest BCUT2D eigenvalue weighted by molar-refractivity contribution is 7.93. The molecule has 1 heterocycles. The molecule has 0 unspecified atom stereocenters. The summed E-state index contributed by atoms with van der Waals surface area (Å²) in [6.07, 6.45) is 0. The van der Waals surface area contributed by atoms with E-state index in [2.05, 4.69) is 14.9 Å². The van der Waals surface area contributed by atoms with E-state index >= 15 is 0 Å². The van der Waals surface area contributed by atoms with Gasteiger partial charge in [0, 0.05) is 17.5 Å². The monoisotopic (exact) mass is 342 g/mol. The molecule has 0 saturated heterocycles. The molecule has 10 heteroatoms. The van der Waals surface area contributed by atoms with Gasteiger partial charge in [-0.3, -0.25) is 14.8 Å². The van der Waals surface area contributed by atoms with E-state index in [1.807, 2.05) is 20.8 Å². The van der Waals surface area contributed by atoms with Gasteiger partial charge < -0.3 is 0 Å². The maximum absolute atomic E-state index is 12.2. The second-order valence-electron chi connectivity index (χ2n) is 5.52. The fourth-order valence-corrected chi connectivity index (χ4v) is 3.52. The highest BCUT2D eigenvalue weighted by Crippen LogP contribution is 2.29. The van der Waals surface area contributed by atoms with Gasteiger partial charge in [-0.2, -0.15) is 0 Å². The third-order valence-electron chi connectivity index (χ3n) is 2.65. The lowest BCUT2D eigenvalue weighted by molar-refractivity contribution is -0.384. The average Bonchev–Trinajstić information content (AvgIpc) is 2.86. The summed E-state index contributed by atoms with van der Waals surface area (Å²) in [7, 11) is -3.85. The van der Waals surface area contributed by atoms with Crippen LogP contribution in [-0.2, 0) is 15.4 Å². The van der Waals surface area contributed by atoms with E-state index in [0.717, 1.165) is 23.5 Å². The van der Waals surface area contributed by atoms with Gasteiger partial charge in [-0.15, -0.1) is 10.2 Å². The SMILES string of the molecule is CC(C)(C)c1nnc(NS(=O)(=O)c2ccc([N+](=O)[O-])cc2)s1. The largest absolute Gasteiger partial charge is 0.269 e. The van der Waals surface area contributed by atoms with E-state index < -0.39 is 14.9 Å². The van der Waals surface area contributed by atoms with Gasteiger partial charge in [0.05, 0.1) is 9.82 Å². The zero-order valence-electron chi connectivity index (χ0n) is 12.1. The van der Waals surface area contributed by atoms with Gasteiger partial charge in [-0.05, 0) is 12.1 Å². The molecule has 0 aliphatic carbocycles. The van der Waals surface area contributed by atoms with Gasteiger partial charge in [0.15, 0.2) is 0 Å². The predicted octanol–water partition coefficient (Wildman–Crippen LogP) is 2.54. The van der Waals surface area contributed by atoms with E-state index in [-0.39, 0.29) is 21.1 Å². The zero-order valence-corrected chi connectivity index (χ0v) is 13.7. The fraction of sp³-hybridized carbons (Fsp3) is 0.333. The summed E-state index contributed by atoms with van der Waals surface area (Å²) in [4.78, 5) is 9.90. The summed E-state index contributed by atoms with van der Waals surface area (Å²) in [5.41, 5.74) is -0.403. The van der Waals surface area contributed by atoms with Gasteiger partial charge >= 0.3 is 0 Å². The van der Waals surface area contributed by atoms with E-state index in [4.69, 9.17) is 0 Å². The molecule has 1 aromatic heterocycles. The van der Waals surface area contributed by atoms with Gasteiger partial charge in [0.25, 0.3) is 15.7 Å². The molecule has 0 spiro atoms. The Bertz CT molecular complexity index is 791. The summed E-state index contributed by atoms with van der Waals surface area (Å²) in [6.45, 7) is 5.84. The third kappa shape index (κ3) is 3.57. The molecule has 118 valence electrons. The molecule has 0 aliphatic heterocycles. The molecule has 0 radical (unpaired) electrons. The number of nitrogens with zero attached hydrogens (tertiary/aromatic N) is 3.